The maximum absolute atomic E-state index is 3.67. The molecule has 1 aromatic rings. The Labute approximate surface area is 118 Å². The van der Waals surface area contributed by atoms with Crippen LogP contribution in [0.5, 0.6) is 0 Å². The third-order valence-corrected chi connectivity index (χ3v) is 4.34. The van der Waals surface area contributed by atoms with Crippen molar-refractivity contribution in [1.29, 1.82) is 0 Å². The molecule has 0 radical (unpaired) electrons. The van der Waals surface area contributed by atoms with E-state index in [1.807, 2.05) is 0 Å². The lowest BCUT2D eigenvalue weighted by Crippen LogP contribution is -2.45. The zero-order valence-electron chi connectivity index (χ0n) is 12.4. The van der Waals surface area contributed by atoms with E-state index in [1.165, 1.54) is 37.9 Å². The van der Waals surface area contributed by atoms with Gasteiger partial charge in [-0.3, -0.25) is 0 Å². The van der Waals surface area contributed by atoms with Gasteiger partial charge in [-0.1, -0.05) is 43.7 Å². The number of nitrogens with zero attached hydrogens (tertiary/aromatic N) is 1. The summed E-state index contributed by atoms with van der Waals surface area (Å²) in [4.78, 5) is 2.47. The first kappa shape index (κ1) is 14.5. The van der Waals surface area contributed by atoms with Crippen molar-refractivity contribution in [1.82, 2.24) is 10.2 Å². The summed E-state index contributed by atoms with van der Waals surface area (Å²) in [5.74, 6) is 0.939. The monoisotopic (exact) mass is 260 g/mol. The van der Waals surface area contributed by atoms with Gasteiger partial charge in [0.25, 0.3) is 0 Å². The van der Waals surface area contributed by atoms with Gasteiger partial charge in [0.05, 0.1) is 0 Å². The van der Waals surface area contributed by atoms with Crippen LogP contribution in [0.25, 0.3) is 0 Å². The van der Waals surface area contributed by atoms with Crippen LogP contribution in [0.3, 0.4) is 0 Å². The van der Waals surface area contributed by atoms with E-state index in [2.05, 4.69) is 54.5 Å². The second-order valence-electron chi connectivity index (χ2n) is 5.95. The molecule has 1 fully saturated rings. The highest BCUT2D eigenvalue weighted by molar-refractivity contribution is 5.14. The maximum atomic E-state index is 3.67. The number of nitrogens with one attached hydrogen (secondary N) is 1. The first-order valence-corrected chi connectivity index (χ1v) is 7.73. The zero-order chi connectivity index (χ0) is 13.5. The van der Waals surface area contributed by atoms with E-state index < -0.39 is 0 Å². The summed E-state index contributed by atoms with van der Waals surface area (Å²) in [6.07, 6.45) is 5.21. The van der Waals surface area contributed by atoms with E-state index in [9.17, 15) is 0 Å². The summed E-state index contributed by atoms with van der Waals surface area (Å²) in [6, 6.07) is 11.5. The number of likely N-dealkylation sites (N-methyl/N-ethyl adjacent to an activating group) is 1. The average molecular weight is 260 g/mol. The molecule has 19 heavy (non-hydrogen) atoms. The fourth-order valence-electron chi connectivity index (χ4n) is 3.04. The Kier molecular flexibility index (Phi) is 5.87. The fraction of sp³-hybridized carbons (Fsp3) is 0.647. The molecule has 2 rings (SSSR count). The van der Waals surface area contributed by atoms with Gasteiger partial charge < -0.3 is 10.2 Å². The first-order valence-electron chi connectivity index (χ1n) is 7.73. The quantitative estimate of drug-likeness (QED) is 0.846. The zero-order valence-corrected chi connectivity index (χ0v) is 12.4. The Hall–Kier alpha value is -0.860. The van der Waals surface area contributed by atoms with Gasteiger partial charge in [0.2, 0.25) is 0 Å². The van der Waals surface area contributed by atoms with Gasteiger partial charge in [0, 0.05) is 19.1 Å². The maximum Gasteiger partial charge on any atom is 0.0197 e. The standard InChI is InChI=1S/C17H28N2/c1-3-15-9-11-18-17(13-15)14-19(2)12-10-16-7-5-4-6-8-16/h4-8,15,17-18H,3,9-14H2,1-2H3. The molecule has 0 saturated carbocycles. The molecule has 0 aliphatic carbocycles. The minimum absolute atomic E-state index is 0.694. The van der Waals surface area contributed by atoms with Crippen LogP contribution in [-0.4, -0.2) is 37.6 Å². The van der Waals surface area contributed by atoms with Crippen LogP contribution in [0.1, 0.15) is 31.7 Å². The molecule has 1 N–H and O–H groups in total. The number of hydrogen-bond acceptors (Lipinski definition) is 2. The Balaban J connectivity index is 1.70. The third-order valence-electron chi connectivity index (χ3n) is 4.34. The van der Waals surface area contributed by atoms with Crippen molar-refractivity contribution in [3.05, 3.63) is 35.9 Å². The van der Waals surface area contributed by atoms with E-state index >= 15 is 0 Å². The second kappa shape index (κ2) is 7.66. The van der Waals surface area contributed by atoms with Crippen molar-refractivity contribution >= 4 is 0 Å². The van der Waals surface area contributed by atoms with Crippen molar-refractivity contribution in [2.45, 2.75) is 38.6 Å². The first-order chi connectivity index (χ1) is 9.28. The van der Waals surface area contributed by atoms with Crippen molar-refractivity contribution in [3.8, 4) is 0 Å². The summed E-state index contributed by atoms with van der Waals surface area (Å²) < 4.78 is 0. The minimum Gasteiger partial charge on any atom is -0.313 e. The van der Waals surface area contributed by atoms with Crippen LogP contribution in [0.4, 0.5) is 0 Å². The Morgan fingerprint density at radius 3 is 2.79 bits per heavy atom. The van der Waals surface area contributed by atoms with Gasteiger partial charge in [-0.05, 0) is 44.3 Å². The highest BCUT2D eigenvalue weighted by Gasteiger charge is 2.20. The predicted molar refractivity (Wildman–Crippen MR) is 82.4 cm³/mol. The van der Waals surface area contributed by atoms with Gasteiger partial charge in [-0.15, -0.1) is 0 Å². The van der Waals surface area contributed by atoms with E-state index in [4.69, 9.17) is 0 Å². The smallest absolute Gasteiger partial charge is 0.0197 e. The summed E-state index contributed by atoms with van der Waals surface area (Å²) in [6.45, 7) is 5.87. The molecule has 0 spiro atoms. The summed E-state index contributed by atoms with van der Waals surface area (Å²) >= 11 is 0. The second-order valence-corrected chi connectivity index (χ2v) is 5.95. The van der Waals surface area contributed by atoms with Gasteiger partial charge >= 0.3 is 0 Å². The number of piperidine rings is 1. The average Bonchev–Trinajstić information content (AvgIpc) is 2.46. The van der Waals surface area contributed by atoms with E-state index in [0.29, 0.717) is 6.04 Å². The fourth-order valence-corrected chi connectivity index (χ4v) is 3.04. The lowest BCUT2D eigenvalue weighted by atomic mass is 9.90. The van der Waals surface area contributed by atoms with Crippen LogP contribution in [0.15, 0.2) is 30.3 Å². The molecular weight excluding hydrogens is 232 g/mol. The van der Waals surface area contributed by atoms with Gasteiger partial charge in [0.15, 0.2) is 0 Å². The number of rotatable bonds is 6. The molecule has 106 valence electrons. The van der Waals surface area contributed by atoms with Crippen molar-refractivity contribution < 1.29 is 0 Å². The van der Waals surface area contributed by atoms with Crippen molar-refractivity contribution in [2.75, 3.05) is 26.7 Å². The van der Waals surface area contributed by atoms with Gasteiger partial charge in [-0.25, -0.2) is 0 Å². The minimum atomic E-state index is 0.694. The predicted octanol–water partition coefficient (Wildman–Crippen LogP) is 2.94. The Morgan fingerprint density at radius 2 is 2.05 bits per heavy atom. The highest BCUT2D eigenvalue weighted by Crippen LogP contribution is 2.19. The van der Waals surface area contributed by atoms with Crippen molar-refractivity contribution in [2.24, 2.45) is 5.92 Å². The molecule has 2 nitrogen and oxygen atoms in total. The molecule has 1 aliphatic heterocycles. The number of benzene rings is 1. The largest absolute Gasteiger partial charge is 0.313 e. The normalized spacial score (nSPS) is 23.7. The lowest BCUT2D eigenvalue weighted by Gasteiger charge is -2.32. The number of hydrogen-bond donors (Lipinski definition) is 1. The third kappa shape index (κ3) is 4.96. The Bertz CT molecular complexity index is 350. The highest BCUT2D eigenvalue weighted by atomic mass is 15.1. The Morgan fingerprint density at radius 1 is 1.26 bits per heavy atom. The topological polar surface area (TPSA) is 15.3 Å². The molecule has 1 saturated heterocycles. The SMILES string of the molecule is CCC1CCNC(CN(C)CCc2ccccc2)C1. The van der Waals surface area contributed by atoms with Crippen LogP contribution in [0, 0.1) is 5.92 Å². The van der Waals surface area contributed by atoms with E-state index in [0.717, 1.165) is 18.9 Å². The van der Waals surface area contributed by atoms with E-state index in [-0.39, 0.29) is 0 Å². The molecule has 2 heteroatoms. The lowest BCUT2D eigenvalue weighted by molar-refractivity contribution is 0.226. The summed E-state index contributed by atoms with van der Waals surface area (Å²) in [7, 11) is 2.25. The van der Waals surface area contributed by atoms with Crippen molar-refractivity contribution in [3.63, 3.8) is 0 Å². The van der Waals surface area contributed by atoms with Crippen LogP contribution in [0.2, 0.25) is 0 Å². The van der Waals surface area contributed by atoms with Crippen LogP contribution in [-0.2, 0) is 6.42 Å². The van der Waals surface area contributed by atoms with Gasteiger partial charge in [-0.2, -0.15) is 0 Å². The molecule has 2 atom stereocenters. The van der Waals surface area contributed by atoms with Gasteiger partial charge in [0.1, 0.15) is 0 Å². The summed E-state index contributed by atoms with van der Waals surface area (Å²) in [5.41, 5.74) is 1.44. The summed E-state index contributed by atoms with van der Waals surface area (Å²) in [5, 5.41) is 3.67. The van der Waals surface area contributed by atoms with Crippen LogP contribution < -0.4 is 5.32 Å². The molecular formula is C17H28N2. The van der Waals surface area contributed by atoms with E-state index in [1.54, 1.807) is 0 Å². The molecule has 0 amide bonds. The van der Waals surface area contributed by atoms with Crippen LogP contribution >= 0.6 is 0 Å². The molecule has 2 unspecified atom stereocenters. The molecule has 1 heterocycles. The molecule has 0 bridgehead atoms. The molecule has 0 aromatic heterocycles. The molecule has 1 aromatic carbocycles. The molecule has 1 aliphatic rings.